The van der Waals surface area contributed by atoms with Crippen LogP contribution in [0.2, 0.25) is 0 Å². The number of benzene rings is 1. The van der Waals surface area contributed by atoms with Gasteiger partial charge >= 0.3 is 6.18 Å². The van der Waals surface area contributed by atoms with Crippen LogP contribution in [0.4, 0.5) is 36.3 Å². The first-order chi connectivity index (χ1) is 17.7. The first-order valence-corrected chi connectivity index (χ1v) is 11.8. The number of nitrogen functional groups attached to an aromatic ring is 1. The van der Waals surface area contributed by atoms with E-state index in [9.17, 15) is 13.2 Å². The van der Waals surface area contributed by atoms with Crippen LogP contribution in [-0.4, -0.2) is 58.9 Å². The average molecular weight is 517 g/mol. The Labute approximate surface area is 214 Å². The van der Waals surface area contributed by atoms with Gasteiger partial charge in [0.05, 0.1) is 42.6 Å². The van der Waals surface area contributed by atoms with Gasteiger partial charge in [-0.2, -0.15) is 23.3 Å². The lowest BCUT2D eigenvalue weighted by Crippen LogP contribution is -2.36. The maximum atomic E-state index is 12.8. The lowest BCUT2D eigenvalue weighted by molar-refractivity contribution is -0.137. The number of ether oxygens (including phenoxy) is 1. The van der Waals surface area contributed by atoms with Crippen LogP contribution < -0.4 is 16.5 Å². The fraction of sp³-hybridized carbons (Fsp3) is 0.360. The number of rotatable bonds is 7. The monoisotopic (exact) mass is 516 g/mol. The van der Waals surface area contributed by atoms with Crippen molar-refractivity contribution in [2.24, 2.45) is 5.10 Å². The Bertz CT molecular complexity index is 1130. The molecule has 0 bridgehead atoms. The number of anilines is 4. The van der Waals surface area contributed by atoms with Crippen molar-refractivity contribution in [3.05, 3.63) is 65.6 Å². The number of hydrazone groups is 1. The van der Waals surface area contributed by atoms with Gasteiger partial charge in [-0.15, -0.1) is 0 Å². The Hall–Kier alpha value is -3.77. The second kappa shape index (κ2) is 13.5. The molecule has 2 aromatic heterocycles. The fourth-order valence-electron chi connectivity index (χ4n) is 3.44. The summed E-state index contributed by atoms with van der Waals surface area (Å²) in [5.74, 6) is 0.588. The van der Waals surface area contributed by atoms with E-state index in [4.69, 9.17) is 10.5 Å². The van der Waals surface area contributed by atoms with Crippen molar-refractivity contribution in [2.75, 3.05) is 49.3 Å². The van der Waals surface area contributed by atoms with Gasteiger partial charge in [-0.25, -0.2) is 10.4 Å². The predicted molar refractivity (Wildman–Crippen MR) is 139 cm³/mol. The summed E-state index contributed by atoms with van der Waals surface area (Å²) in [6.45, 7) is 9.37. The summed E-state index contributed by atoms with van der Waals surface area (Å²) in [5, 5.41) is 6.86. The first-order valence-electron chi connectivity index (χ1n) is 11.8. The number of hydrogen-bond donors (Lipinski definition) is 3. The van der Waals surface area contributed by atoms with Crippen LogP contribution in [0.25, 0.3) is 0 Å². The first kappa shape index (κ1) is 27.8. The Morgan fingerprint density at radius 2 is 1.89 bits per heavy atom. The molecule has 1 saturated heterocycles. The third kappa shape index (κ3) is 9.66. The summed E-state index contributed by atoms with van der Waals surface area (Å²) in [4.78, 5) is 14.7. The van der Waals surface area contributed by atoms with E-state index in [1.165, 1.54) is 31.4 Å². The summed E-state index contributed by atoms with van der Waals surface area (Å²) >= 11 is 0. The summed E-state index contributed by atoms with van der Waals surface area (Å²) in [6, 6.07) is 9.90. The van der Waals surface area contributed by atoms with Gasteiger partial charge in [-0.05, 0) is 50.2 Å². The molecule has 3 aromatic rings. The highest BCUT2D eigenvalue weighted by Crippen LogP contribution is 2.31. The molecule has 0 aliphatic carbocycles. The smallest absolute Gasteiger partial charge is 0.384 e. The number of hydrogen-bond acceptors (Lipinski definition) is 9. The largest absolute Gasteiger partial charge is 0.416 e. The van der Waals surface area contributed by atoms with E-state index in [1.807, 2.05) is 0 Å². The van der Waals surface area contributed by atoms with E-state index in [2.05, 4.69) is 42.6 Å². The number of aryl methyl sites for hydroxylation is 1. The lowest BCUT2D eigenvalue weighted by Gasteiger charge is -2.25. The minimum absolute atomic E-state index is 0.261. The van der Waals surface area contributed by atoms with E-state index < -0.39 is 11.7 Å². The number of nitrogens with one attached hydrogen (secondary N) is 2. The molecule has 9 nitrogen and oxygen atoms in total. The Morgan fingerprint density at radius 1 is 1.11 bits per heavy atom. The molecule has 3 heterocycles. The van der Waals surface area contributed by atoms with Crippen LogP contribution in [-0.2, 0) is 10.9 Å². The number of alkyl halides is 3. The van der Waals surface area contributed by atoms with Gasteiger partial charge in [0.2, 0.25) is 5.95 Å². The number of morpholine rings is 1. The summed E-state index contributed by atoms with van der Waals surface area (Å²) in [7, 11) is 0. The summed E-state index contributed by atoms with van der Waals surface area (Å²) < 4.78 is 43.5. The second-order valence-corrected chi connectivity index (χ2v) is 8.26. The van der Waals surface area contributed by atoms with Crippen molar-refractivity contribution < 1.29 is 17.9 Å². The van der Waals surface area contributed by atoms with Crippen LogP contribution in [0, 0.1) is 6.92 Å². The minimum atomic E-state index is -4.39. The second-order valence-electron chi connectivity index (χ2n) is 8.26. The molecule has 37 heavy (non-hydrogen) atoms. The quantitative estimate of drug-likeness (QED) is 0.306. The van der Waals surface area contributed by atoms with Gasteiger partial charge in [0.15, 0.2) is 0 Å². The number of halogens is 3. The van der Waals surface area contributed by atoms with Crippen molar-refractivity contribution in [3.63, 3.8) is 0 Å². The zero-order valence-electron chi connectivity index (χ0n) is 20.8. The van der Waals surface area contributed by atoms with Gasteiger partial charge in [-0.1, -0.05) is 13.0 Å². The number of pyridine rings is 1. The lowest BCUT2D eigenvalue weighted by atomic mass is 10.2. The van der Waals surface area contributed by atoms with Crippen LogP contribution in [0.15, 0.2) is 53.8 Å². The van der Waals surface area contributed by atoms with E-state index >= 15 is 0 Å². The molecule has 0 saturated carbocycles. The van der Waals surface area contributed by atoms with Gasteiger partial charge in [0.25, 0.3) is 0 Å². The van der Waals surface area contributed by atoms with E-state index in [1.54, 1.807) is 31.2 Å². The van der Waals surface area contributed by atoms with E-state index in [0.717, 1.165) is 38.4 Å². The molecule has 0 amide bonds. The molecular weight excluding hydrogens is 485 g/mol. The topological polar surface area (TPSA) is 114 Å². The molecule has 0 unspecified atom stereocenters. The predicted octanol–water partition coefficient (Wildman–Crippen LogP) is 4.70. The fourth-order valence-corrected chi connectivity index (χ4v) is 3.44. The van der Waals surface area contributed by atoms with E-state index in [-0.39, 0.29) is 5.95 Å². The zero-order chi connectivity index (χ0) is 26.7. The van der Waals surface area contributed by atoms with Gasteiger partial charge in [0, 0.05) is 30.5 Å². The highest BCUT2D eigenvalue weighted by atomic mass is 19.4. The van der Waals surface area contributed by atoms with Crippen molar-refractivity contribution in [3.8, 4) is 0 Å². The number of nitrogens with two attached hydrogens (primary N) is 1. The van der Waals surface area contributed by atoms with Crippen LogP contribution >= 0.6 is 0 Å². The van der Waals surface area contributed by atoms with Gasteiger partial charge in [0.1, 0.15) is 5.82 Å². The number of aromatic nitrogens is 3. The number of nitrogens with zero attached hydrogens (tertiary/aromatic N) is 5. The van der Waals surface area contributed by atoms with Crippen molar-refractivity contribution in [1.29, 1.82) is 0 Å². The summed E-state index contributed by atoms with van der Waals surface area (Å²) in [6.07, 6.45) is -0.187. The SMILES string of the molecule is CCCN1CCOCC1.Cc1cc(N)nc(N/N=C/c2ccc(Nc3cccc(C(F)(F)F)c3)cn2)n1. The molecular formula is C25H31F3N8O. The third-order valence-electron chi connectivity index (χ3n) is 5.14. The Morgan fingerprint density at radius 3 is 2.54 bits per heavy atom. The molecule has 12 heteroatoms. The molecule has 1 fully saturated rings. The highest BCUT2D eigenvalue weighted by molar-refractivity contribution is 5.78. The van der Waals surface area contributed by atoms with Gasteiger partial charge in [-0.3, -0.25) is 9.88 Å². The third-order valence-corrected chi connectivity index (χ3v) is 5.14. The standard InChI is InChI=1S/C18H16F3N7.C7H15NO/c1-11-7-16(22)27-17(25-11)28-24-10-14-5-6-15(9-23-14)26-13-4-2-3-12(8-13)18(19,20)21;1-2-3-8-4-6-9-7-5-8/h2-10,26H,1H3,(H3,22,25,27,28);2-7H2,1H3/b24-10+;. The van der Waals surface area contributed by atoms with Crippen LogP contribution in [0.5, 0.6) is 0 Å². The minimum Gasteiger partial charge on any atom is -0.384 e. The normalized spacial score (nSPS) is 14.2. The van der Waals surface area contributed by atoms with Crippen molar-refractivity contribution >= 4 is 29.4 Å². The summed E-state index contributed by atoms with van der Waals surface area (Å²) in [5.41, 5.74) is 9.65. The van der Waals surface area contributed by atoms with E-state index in [0.29, 0.717) is 28.6 Å². The molecule has 198 valence electrons. The molecule has 0 atom stereocenters. The molecule has 0 radical (unpaired) electrons. The maximum absolute atomic E-state index is 12.8. The van der Waals surface area contributed by atoms with Gasteiger partial charge < -0.3 is 15.8 Å². The molecule has 4 N–H and O–H groups in total. The Kier molecular flexibility index (Phi) is 10.2. The molecule has 1 aliphatic rings. The maximum Gasteiger partial charge on any atom is 0.416 e. The van der Waals surface area contributed by atoms with Crippen molar-refractivity contribution in [1.82, 2.24) is 19.9 Å². The molecule has 0 spiro atoms. The molecule has 4 rings (SSSR count). The molecule has 1 aromatic carbocycles. The van der Waals surface area contributed by atoms with Crippen LogP contribution in [0.1, 0.15) is 30.3 Å². The van der Waals surface area contributed by atoms with Crippen LogP contribution in [0.3, 0.4) is 0 Å². The Balaban J connectivity index is 0.000000356. The zero-order valence-corrected chi connectivity index (χ0v) is 20.8. The van der Waals surface area contributed by atoms with Crippen molar-refractivity contribution in [2.45, 2.75) is 26.4 Å². The highest BCUT2D eigenvalue weighted by Gasteiger charge is 2.30. The molecule has 1 aliphatic heterocycles. The average Bonchev–Trinajstić information content (AvgIpc) is 2.86.